The summed E-state index contributed by atoms with van der Waals surface area (Å²) in [6, 6.07) is 13.2. The van der Waals surface area contributed by atoms with E-state index in [1.807, 2.05) is 42.5 Å². The summed E-state index contributed by atoms with van der Waals surface area (Å²) in [6.45, 7) is 0.364. The third-order valence-corrected chi connectivity index (χ3v) is 3.48. The average molecular weight is 362 g/mol. The molecule has 5 heteroatoms. The molecule has 22 heavy (non-hydrogen) atoms. The van der Waals surface area contributed by atoms with E-state index >= 15 is 0 Å². The monoisotopic (exact) mass is 361 g/mol. The van der Waals surface area contributed by atoms with E-state index in [0.717, 1.165) is 27.1 Å². The fraction of sp³-hybridized carbons (Fsp3) is 0.118. The van der Waals surface area contributed by atoms with Gasteiger partial charge in [-0.25, -0.2) is 0 Å². The van der Waals surface area contributed by atoms with Gasteiger partial charge in [0.05, 0.1) is 7.11 Å². The number of halogens is 1. The van der Waals surface area contributed by atoms with Gasteiger partial charge in [0, 0.05) is 16.1 Å². The first-order chi connectivity index (χ1) is 10.6. The molecule has 0 aliphatic heterocycles. The van der Waals surface area contributed by atoms with Crippen LogP contribution in [-0.2, 0) is 11.4 Å². The highest BCUT2D eigenvalue weighted by molar-refractivity contribution is 9.10. The molecule has 0 fully saturated rings. The van der Waals surface area contributed by atoms with Crippen LogP contribution in [0.1, 0.15) is 11.1 Å². The van der Waals surface area contributed by atoms with Crippen LogP contribution in [-0.4, -0.2) is 13.0 Å². The van der Waals surface area contributed by atoms with Crippen LogP contribution in [0, 0.1) is 0 Å². The molecule has 2 rings (SSSR count). The lowest BCUT2D eigenvalue weighted by Crippen LogP contribution is -2.05. The van der Waals surface area contributed by atoms with Gasteiger partial charge in [-0.1, -0.05) is 22.0 Å². The number of primary amides is 1. The standard InChI is InChI=1S/C17H16BrNO3/c1-21-16-8-2-12(3-9-17(19)20)10-13(16)11-22-15-6-4-14(18)5-7-15/h2-10H,11H2,1H3,(H2,19,20)/b9-3-. The Bertz CT molecular complexity index is 681. The second-order valence-corrected chi connectivity index (χ2v) is 5.47. The van der Waals surface area contributed by atoms with Crippen molar-refractivity contribution in [2.45, 2.75) is 6.61 Å². The predicted octanol–water partition coefficient (Wildman–Crippen LogP) is 3.54. The lowest BCUT2D eigenvalue weighted by atomic mass is 10.1. The molecule has 4 nitrogen and oxygen atoms in total. The Morgan fingerprint density at radius 2 is 1.95 bits per heavy atom. The lowest BCUT2D eigenvalue weighted by Gasteiger charge is -2.11. The minimum atomic E-state index is -0.483. The number of hydrogen-bond acceptors (Lipinski definition) is 3. The third-order valence-electron chi connectivity index (χ3n) is 2.95. The number of carbonyl (C=O) groups is 1. The number of methoxy groups -OCH3 is 1. The van der Waals surface area contributed by atoms with E-state index in [1.54, 1.807) is 13.2 Å². The predicted molar refractivity (Wildman–Crippen MR) is 89.7 cm³/mol. The number of hydrogen-bond donors (Lipinski definition) is 1. The van der Waals surface area contributed by atoms with E-state index in [-0.39, 0.29) is 0 Å². The summed E-state index contributed by atoms with van der Waals surface area (Å²) in [4.78, 5) is 10.8. The molecule has 2 N–H and O–H groups in total. The van der Waals surface area contributed by atoms with Crippen LogP contribution in [0.15, 0.2) is 53.0 Å². The summed E-state index contributed by atoms with van der Waals surface area (Å²) in [5.74, 6) is 1.01. The summed E-state index contributed by atoms with van der Waals surface area (Å²) in [7, 11) is 1.61. The Morgan fingerprint density at radius 3 is 2.59 bits per heavy atom. The number of rotatable bonds is 6. The fourth-order valence-electron chi connectivity index (χ4n) is 1.89. The Kier molecular flexibility index (Phi) is 5.61. The highest BCUT2D eigenvalue weighted by Gasteiger charge is 2.05. The Labute approximate surface area is 137 Å². The highest BCUT2D eigenvalue weighted by Crippen LogP contribution is 2.23. The zero-order chi connectivity index (χ0) is 15.9. The van der Waals surface area contributed by atoms with Crippen LogP contribution in [0.5, 0.6) is 11.5 Å². The normalized spacial score (nSPS) is 10.6. The van der Waals surface area contributed by atoms with E-state index in [9.17, 15) is 4.79 Å². The van der Waals surface area contributed by atoms with Crippen molar-refractivity contribution >= 4 is 27.9 Å². The molecule has 0 atom stereocenters. The molecular formula is C17H16BrNO3. The molecule has 114 valence electrons. The molecular weight excluding hydrogens is 346 g/mol. The quantitative estimate of drug-likeness (QED) is 0.800. The highest BCUT2D eigenvalue weighted by atomic mass is 79.9. The van der Waals surface area contributed by atoms with E-state index in [0.29, 0.717) is 6.61 Å². The number of carbonyl (C=O) groups excluding carboxylic acids is 1. The zero-order valence-corrected chi connectivity index (χ0v) is 13.7. The minimum absolute atomic E-state index is 0.364. The van der Waals surface area contributed by atoms with Crippen LogP contribution in [0.4, 0.5) is 0 Å². The van der Waals surface area contributed by atoms with Crippen molar-refractivity contribution in [2.75, 3.05) is 7.11 Å². The van der Waals surface area contributed by atoms with E-state index in [1.165, 1.54) is 6.08 Å². The number of amides is 1. The van der Waals surface area contributed by atoms with Crippen molar-refractivity contribution < 1.29 is 14.3 Å². The average Bonchev–Trinajstić information content (AvgIpc) is 2.52. The smallest absolute Gasteiger partial charge is 0.241 e. The van der Waals surface area contributed by atoms with E-state index in [2.05, 4.69) is 15.9 Å². The van der Waals surface area contributed by atoms with Gasteiger partial charge in [-0.15, -0.1) is 0 Å². The summed E-state index contributed by atoms with van der Waals surface area (Å²) in [5.41, 5.74) is 6.84. The van der Waals surface area contributed by atoms with Crippen molar-refractivity contribution in [2.24, 2.45) is 5.73 Å². The largest absolute Gasteiger partial charge is 0.496 e. The van der Waals surface area contributed by atoms with Gasteiger partial charge in [-0.3, -0.25) is 4.79 Å². The first-order valence-corrected chi connectivity index (χ1v) is 7.40. The van der Waals surface area contributed by atoms with Gasteiger partial charge in [-0.05, 0) is 48.0 Å². The fourth-order valence-corrected chi connectivity index (χ4v) is 2.15. The van der Waals surface area contributed by atoms with Gasteiger partial charge >= 0.3 is 0 Å². The minimum Gasteiger partial charge on any atom is -0.496 e. The van der Waals surface area contributed by atoms with Crippen LogP contribution < -0.4 is 15.2 Å². The van der Waals surface area contributed by atoms with Crippen molar-refractivity contribution in [3.63, 3.8) is 0 Å². The van der Waals surface area contributed by atoms with Gasteiger partial charge < -0.3 is 15.2 Å². The maximum absolute atomic E-state index is 10.8. The molecule has 0 bridgehead atoms. The molecule has 0 spiro atoms. The summed E-state index contributed by atoms with van der Waals surface area (Å²) < 4.78 is 12.1. The molecule has 0 aliphatic carbocycles. The summed E-state index contributed by atoms with van der Waals surface area (Å²) in [5, 5.41) is 0. The Morgan fingerprint density at radius 1 is 1.23 bits per heavy atom. The second kappa shape index (κ2) is 7.66. The molecule has 0 saturated heterocycles. The van der Waals surface area contributed by atoms with Gasteiger partial charge in [0.2, 0.25) is 5.91 Å². The molecule has 0 radical (unpaired) electrons. The summed E-state index contributed by atoms with van der Waals surface area (Å²) in [6.07, 6.45) is 2.98. The van der Waals surface area contributed by atoms with Crippen LogP contribution in [0.25, 0.3) is 6.08 Å². The number of nitrogens with two attached hydrogens (primary N) is 1. The number of benzene rings is 2. The molecule has 2 aromatic rings. The number of ether oxygens (including phenoxy) is 2. The van der Waals surface area contributed by atoms with Gasteiger partial charge in [0.25, 0.3) is 0 Å². The van der Waals surface area contributed by atoms with E-state index in [4.69, 9.17) is 15.2 Å². The van der Waals surface area contributed by atoms with Crippen LogP contribution in [0.3, 0.4) is 0 Å². The van der Waals surface area contributed by atoms with E-state index < -0.39 is 5.91 Å². The third kappa shape index (κ3) is 4.63. The molecule has 0 aliphatic rings. The van der Waals surface area contributed by atoms with Crippen molar-refractivity contribution in [1.82, 2.24) is 0 Å². The van der Waals surface area contributed by atoms with Crippen molar-refractivity contribution in [3.8, 4) is 11.5 Å². The van der Waals surface area contributed by atoms with Gasteiger partial charge in [0.15, 0.2) is 0 Å². The first-order valence-electron chi connectivity index (χ1n) is 6.61. The van der Waals surface area contributed by atoms with Crippen molar-refractivity contribution in [3.05, 3.63) is 64.1 Å². The molecule has 0 unspecified atom stereocenters. The maximum atomic E-state index is 10.8. The molecule has 0 aromatic heterocycles. The first kappa shape index (κ1) is 16.1. The summed E-state index contributed by atoms with van der Waals surface area (Å²) >= 11 is 3.38. The Balaban J connectivity index is 2.15. The SMILES string of the molecule is COc1ccc(/C=C\C(N)=O)cc1COc1ccc(Br)cc1. The van der Waals surface area contributed by atoms with Gasteiger partial charge in [0.1, 0.15) is 18.1 Å². The topological polar surface area (TPSA) is 61.5 Å². The van der Waals surface area contributed by atoms with Gasteiger partial charge in [-0.2, -0.15) is 0 Å². The Hall–Kier alpha value is -2.27. The second-order valence-electron chi connectivity index (χ2n) is 4.55. The zero-order valence-electron chi connectivity index (χ0n) is 12.1. The van der Waals surface area contributed by atoms with Crippen molar-refractivity contribution in [1.29, 1.82) is 0 Å². The molecule has 0 heterocycles. The van der Waals surface area contributed by atoms with Crippen LogP contribution in [0.2, 0.25) is 0 Å². The van der Waals surface area contributed by atoms with Crippen LogP contribution >= 0.6 is 15.9 Å². The maximum Gasteiger partial charge on any atom is 0.241 e. The molecule has 0 saturated carbocycles. The lowest BCUT2D eigenvalue weighted by molar-refractivity contribution is -0.113. The molecule has 1 amide bonds. The molecule has 2 aromatic carbocycles.